The summed E-state index contributed by atoms with van der Waals surface area (Å²) in [6, 6.07) is 18.1. The predicted octanol–water partition coefficient (Wildman–Crippen LogP) is 6.17. The Labute approximate surface area is 236 Å². The molecule has 0 bridgehead atoms. The van der Waals surface area contributed by atoms with Gasteiger partial charge in [-0.3, -0.25) is 9.59 Å². The Bertz CT molecular complexity index is 1540. The van der Waals surface area contributed by atoms with Gasteiger partial charge in [-0.15, -0.1) is 0 Å². The zero-order valence-electron chi connectivity index (χ0n) is 20.9. The van der Waals surface area contributed by atoms with E-state index in [4.69, 9.17) is 14.5 Å². The molecule has 3 aromatic carbocycles. The van der Waals surface area contributed by atoms with Crippen LogP contribution in [-0.4, -0.2) is 35.5 Å². The third-order valence-electron chi connectivity index (χ3n) is 5.61. The number of nitrogens with zero attached hydrogens (tertiary/aromatic N) is 3. The van der Waals surface area contributed by atoms with E-state index < -0.39 is 0 Å². The summed E-state index contributed by atoms with van der Waals surface area (Å²) in [6.07, 6.45) is 4.04. The lowest BCUT2D eigenvalue weighted by molar-refractivity contribution is -0.118. The topological polar surface area (TPSA) is 94.8 Å². The summed E-state index contributed by atoms with van der Waals surface area (Å²) in [4.78, 5) is 30.3. The number of aromatic nitrogens is 2. The number of ether oxygens (including phenoxy) is 2. The molecular weight excluding hydrogens is 616 g/mol. The number of aryl methyl sites for hydroxylation is 1. The highest BCUT2D eigenvalue weighted by atomic mass is 79.9. The lowest BCUT2D eigenvalue weighted by Crippen LogP contribution is -2.22. The number of carbonyl (C=O) groups excluding carboxylic acids is 1. The third-order valence-corrected chi connectivity index (χ3v) is 6.69. The smallest absolute Gasteiger partial charge is 0.282 e. The third kappa shape index (κ3) is 6.68. The molecule has 8 nitrogen and oxygen atoms in total. The molecule has 0 unspecified atom stereocenters. The van der Waals surface area contributed by atoms with Gasteiger partial charge in [0.1, 0.15) is 5.82 Å². The van der Waals surface area contributed by atoms with E-state index in [9.17, 15) is 9.59 Å². The van der Waals surface area contributed by atoms with Crippen LogP contribution in [0.25, 0.3) is 10.9 Å². The number of amides is 1. The Kier molecular flexibility index (Phi) is 9.30. The van der Waals surface area contributed by atoms with Crippen LogP contribution in [0.5, 0.6) is 11.5 Å². The van der Waals surface area contributed by atoms with Crippen molar-refractivity contribution >= 4 is 60.6 Å². The monoisotopic (exact) mass is 640 g/mol. The van der Waals surface area contributed by atoms with E-state index in [1.165, 1.54) is 11.8 Å². The number of fused-ring (bicyclic) bond motifs is 1. The second-order valence-corrected chi connectivity index (χ2v) is 10.2. The minimum absolute atomic E-state index is 0.203. The van der Waals surface area contributed by atoms with Crippen molar-refractivity contribution in [3.05, 3.63) is 91.4 Å². The average Bonchev–Trinajstić information content (AvgIpc) is 2.91. The van der Waals surface area contributed by atoms with E-state index in [0.717, 1.165) is 17.3 Å². The molecule has 0 fully saturated rings. The molecule has 0 aliphatic heterocycles. The van der Waals surface area contributed by atoms with Gasteiger partial charge in [0.2, 0.25) is 0 Å². The van der Waals surface area contributed by atoms with Crippen LogP contribution in [0.2, 0.25) is 0 Å². The van der Waals surface area contributed by atoms with Gasteiger partial charge in [0.25, 0.3) is 11.5 Å². The van der Waals surface area contributed by atoms with Gasteiger partial charge in [0.05, 0.1) is 28.7 Å². The van der Waals surface area contributed by atoms with Crippen molar-refractivity contribution in [2.75, 3.05) is 19.0 Å². The molecule has 1 amide bonds. The van der Waals surface area contributed by atoms with Gasteiger partial charge >= 0.3 is 0 Å². The normalized spacial score (nSPS) is 11.2. The van der Waals surface area contributed by atoms with Gasteiger partial charge in [0.15, 0.2) is 18.1 Å². The first-order valence-electron chi connectivity index (χ1n) is 12.0. The number of methoxy groups -OCH3 is 1. The van der Waals surface area contributed by atoms with Crippen molar-refractivity contribution in [2.24, 2.45) is 5.10 Å². The maximum Gasteiger partial charge on any atom is 0.282 e. The fourth-order valence-electron chi connectivity index (χ4n) is 3.75. The fourth-order valence-corrected chi connectivity index (χ4v) is 4.68. The first-order valence-corrected chi connectivity index (χ1v) is 13.6. The van der Waals surface area contributed by atoms with Crippen LogP contribution in [0.1, 0.15) is 31.2 Å². The summed E-state index contributed by atoms with van der Waals surface area (Å²) in [6.45, 7) is 1.88. The molecule has 0 spiro atoms. The van der Waals surface area contributed by atoms with Crippen molar-refractivity contribution in [3.63, 3.8) is 0 Å². The average molecular weight is 642 g/mol. The van der Waals surface area contributed by atoms with E-state index in [-0.39, 0.29) is 18.1 Å². The van der Waals surface area contributed by atoms with Gasteiger partial charge in [-0.2, -0.15) is 9.78 Å². The van der Waals surface area contributed by atoms with Crippen LogP contribution in [-0.2, 0) is 11.2 Å². The number of para-hydroxylation sites is 1. The summed E-state index contributed by atoms with van der Waals surface area (Å²) in [5.41, 5.74) is 1.74. The Hall–Kier alpha value is -3.50. The number of nitrogens with one attached hydrogen (secondary N) is 1. The van der Waals surface area contributed by atoms with Crippen molar-refractivity contribution in [3.8, 4) is 11.5 Å². The molecule has 1 aromatic heterocycles. The largest absolute Gasteiger partial charge is 0.493 e. The van der Waals surface area contributed by atoms with E-state index in [1.807, 2.05) is 30.3 Å². The van der Waals surface area contributed by atoms with Crippen LogP contribution in [0, 0.1) is 0 Å². The van der Waals surface area contributed by atoms with E-state index in [2.05, 4.69) is 49.2 Å². The van der Waals surface area contributed by atoms with Crippen LogP contribution < -0.4 is 20.3 Å². The zero-order chi connectivity index (χ0) is 27.1. The van der Waals surface area contributed by atoms with Crippen LogP contribution in [0.3, 0.4) is 0 Å². The van der Waals surface area contributed by atoms with Crippen molar-refractivity contribution in [1.29, 1.82) is 0 Å². The molecule has 0 saturated heterocycles. The number of unbranched alkanes of at least 4 members (excludes halogenated alkanes) is 1. The standard InChI is InChI=1S/C28H26Br2N4O4/c1-3-4-10-25-33-23-12-11-19(29)15-21(23)28(36)34(25)31-16-18-13-22(30)27(24(14-18)37-2)38-17-26(35)32-20-8-6-5-7-9-20/h5-9,11-16H,3-4,10,17H2,1-2H3,(H,32,35). The molecule has 0 aliphatic carbocycles. The molecule has 4 aromatic rings. The molecule has 0 atom stereocenters. The summed E-state index contributed by atoms with van der Waals surface area (Å²) in [7, 11) is 1.51. The quantitative estimate of drug-likeness (QED) is 0.209. The highest BCUT2D eigenvalue weighted by Gasteiger charge is 2.15. The molecule has 0 saturated carbocycles. The van der Waals surface area contributed by atoms with Gasteiger partial charge in [-0.25, -0.2) is 4.98 Å². The molecule has 1 N–H and O–H groups in total. The maximum absolute atomic E-state index is 13.3. The number of carbonyl (C=O) groups is 1. The fraction of sp³-hybridized carbons (Fsp3) is 0.214. The Morgan fingerprint density at radius 1 is 1.13 bits per heavy atom. The van der Waals surface area contributed by atoms with Gasteiger partial charge < -0.3 is 14.8 Å². The molecule has 0 aliphatic rings. The van der Waals surface area contributed by atoms with Crippen molar-refractivity contribution in [1.82, 2.24) is 9.66 Å². The number of rotatable bonds is 10. The van der Waals surface area contributed by atoms with E-state index in [0.29, 0.717) is 50.4 Å². The minimum Gasteiger partial charge on any atom is -0.493 e. The molecule has 4 rings (SSSR count). The first kappa shape index (κ1) is 27.5. The van der Waals surface area contributed by atoms with Crippen LogP contribution >= 0.6 is 31.9 Å². The number of anilines is 1. The van der Waals surface area contributed by atoms with Gasteiger partial charge in [-0.1, -0.05) is 47.5 Å². The Morgan fingerprint density at radius 2 is 1.92 bits per heavy atom. The van der Waals surface area contributed by atoms with Crippen molar-refractivity contribution in [2.45, 2.75) is 26.2 Å². The van der Waals surface area contributed by atoms with Crippen molar-refractivity contribution < 1.29 is 14.3 Å². The van der Waals surface area contributed by atoms with Crippen LogP contribution in [0.4, 0.5) is 5.69 Å². The lowest BCUT2D eigenvalue weighted by atomic mass is 10.2. The molecule has 38 heavy (non-hydrogen) atoms. The number of hydrogen-bond donors (Lipinski definition) is 1. The summed E-state index contributed by atoms with van der Waals surface area (Å²) >= 11 is 6.93. The number of halogens is 2. The SMILES string of the molecule is CCCCc1nc2ccc(Br)cc2c(=O)n1N=Cc1cc(Br)c(OCC(=O)Nc2ccccc2)c(OC)c1. The van der Waals surface area contributed by atoms with Crippen LogP contribution in [0.15, 0.2) is 79.5 Å². The second-order valence-electron chi connectivity index (χ2n) is 8.39. The molecule has 1 heterocycles. The molecule has 196 valence electrons. The number of hydrogen-bond acceptors (Lipinski definition) is 6. The molecule has 10 heteroatoms. The predicted molar refractivity (Wildman–Crippen MR) is 157 cm³/mol. The van der Waals surface area contributed by atoms with Gasteiger partial charge in [-0.05, 0) is 70.4 Å². The number of benzene rings is 3. The molecule has 0 radical (unpaired) electrons. The summed E-state index contributed by atoms with van der Waals surface area (Å²) in [5.74, 6) is 1.09. The highest BCUT2D eigenvalue weighted by Crippen LogP contribution is 2.36. The highest BCUT2D eigenvalue weighted by molar-refractivity contribution is 9.10. The van der Waals surface area contributed by atoms with E-state index in [1.54, 1.807) is 36.5 Å². The van der Waals surface area contributed by atoms with E-state index >= 15 is 0 Å². The van der Waals surface area contributed by atoms with Gasteiger partial charge in [0, 0.05) is 16.6 Å². The Morgan fingerprint density at radius 3 is 2.66 bits per heavy atom. The summed E-state index contributed by atoms with van der Waals surface area (Å²) in [5, 5.41) is 7.75. The zero-order valence-corrected chi connectivity index (χ0v) is 24.1. The summed E-state index contributed by atoms with van der Waals surface area (Å²) < 4.78 is 14.0. The minimum atomic E-state index is -0.301. The Balaban J connectivity index is 1.59. The first-order chi connectivity index (χ1) is 18.4. The maximum atomic E-state index is 13.3. The second kappa shape index (κ2) is 12.8. The molecular formula is C28H26Br2N4O4. The lowest BCUT2D eigenvalue weighted by Gasteiger charge is -2.14.